The van der Waals surface area contributed by atoms with Gasteiger partial charge < -0.3 is 14.6 Å². The third-order valence-electron chi connectivity index (χ3n) is 6.41. The Balaban J connectivity index is 1.63. The summed E-state index contributed by atoms with van der Waals surface area (Å²) in [5.41, 5.74) is 2.43. The van der Waals surface area contributed by atoms with Gasteiger partial charge in [0, 0.05) is 41.4 Å². The van der Waals surface area contributed by atoms with E-state index in [2.05, 4.69) is 19.9 Å². The van der Waals surface area contributed by atoms with E-state index >= 15 is 0 Å². The van der Waals surface area contributed by atoms with Gasteiger partial charge in [-0.2, -0.15) is 36.3 Å². The lowest BCUT2D eigenvalue weighted by Crippen LogP contribution is -2.39. The third-order valence-corrected chi connectivity index (χ3v) is 6.65. The van der Waals surface area contributed by atoms with Gasteiger partial charge in [-0.25, -0.2) is 4.98 Å². The second-order valence-electron chi connectivity index (χ2n) is 8.76. The molecule has 35 heavy (non-hydrogen) atoms. The third kappa shape index (κ3) is 4.77. The first-order valence-electron chi connectivity index (χ1n) is 11.1. The van der Waals surface area contributed by atoms with Gasteiger partial charge in [-0.05, 0) is 55.4 Å². The molecular formula is C22H20ClF6N5O. The molecule has 188 valence electrons. The Morgan fingerprint density at radius 1 is 1.06 bits per heavy atom. The molecule has 4 heterocycles. The van der Waals surface area contributed by atoms with Crippen LogP contribution in [0, 0.1) is 5.92 Å². The number of H-pyrrole nitrogens is 1. The number of nitrogens with one attached hydrogen (secondary N) is 1. The molecule has 0 aliphatic carbocycles. The number of ether oxygens (including phenoxy) is 1. The van der Waals surface area contributed by atoms with Crippen molar-refractivity contribution in [1.82, 2.24) is 19.9 Å². The largest absolute Gasteiger partial charge is 0.451 e. The van der Waals surface area contributed by atoms with Gasteiger partial charge in [0.05, 0.1) is 6.04 Å². The number of fused-ring (bicyclic) bond motifs is 3. The van der Waals surface area contributed by atoms with Crippen LogP contribution in [0.15, 0.2) is 18.2 Å². The standard InChI is InChI=1S/C22H20ClF6N5O/c23-12-3-4-15-14(9-12)13-5-6-34(16(17(13)30-15)8-11-2-1-7-35-10-11)20-32-18(21(24,25)26)31-19(33-20)22(27,28)29/h3-4,9,11,16,30H,1-2,5-8,10H2/t11-,16-/m0/s1. The van der Waals surface area contributed by atoms with Crippen molar-refractivity contribution < 1.29 is 31.1 Å². The van der Waals surface area contributed by atoms with E-state index in [1.807, 2.05) is 0 Å². The maximum atomic E-state index is 13.4. The van der Waals surface area contributed by atoms with Gasteiger partial charge in [0.1, 0.15) is 0 Å². The maximum absolute atomic E-state index is 13.4. The molecule has 3 aromatic rings. The van der Waals surface area contributed by atoms with Crippen LogP contribution in [0.25, 0.3) is 10.9 Å². The van der Waals surface area contributed by atoms with Crippen molar-refractivity contribution in [2.24, 2.45) is 5.92 Å². The van der Waals surface area contributed by atoms with E-state index in [4.69, 9.17) is 16.3 Å². The second-order valence-corrected chi connectivity index (χ2v) is 9.20. The number of aromatic nitrogens is 4. The highest BCUT2D eigenvalue weighted by Gasteiger charge is 2.43. The molecule has 1 N–H and O–H groups in total. The zero-order valence-electron chi connectivity index (χ0n) is 18.2. The molecule has 1 saturated heterocycles. The van der Waals surface area contributed by atoms with Crippen molar-refractivity contribution in [1.29, 1.82) is 0 Å². The Hall–Kier alpha value is -2.60. The Kier molecular flexibility index (Phi) is 6.07. The molecule has 1 aromatic carbocycles. The molecule has 6 nitrogen and oxygen atoms in total. The number of aromatic amines is 1. The molecule has 0 bridgehead atoms. The fourth-order valence-corrected chi connectivity index (χ4v) is 5.05. The molecule has 0 spiro atoms. The molecule has 0 amide bonds. The predicted molar refractivity (Wildman–Crippen MR) is 115 cm³/mol. The molecule has 2 aromatic heterocycles. The van der Waals surface area contributed by atoms with Crippen LogP contribution in [0.3, 0.4) is 0 Å². The molecule has 0 unspecified atom stereocenters. The quantitative estimate of drug-likeness (QED) is 0.432. The number of halogens is 7. The van der Waals surface area contributed by atoms with Crippen molar-refractivity contribution in [2.45, 2.75) is 44.1 Å². The summed E-state index contributed by atoms with van der Waals surface area (Å²) < 4.78 is 86.1. The first kappa shape index (κ1) is 24.1. The first-order chi connectivity index (χ1) is 16.5. The van der Waals surface area contributed by atoms with E-state index in [1.165, 1.54) is 4.90 Å². The number of benzene rings is 1. The normalized spacial score (nSPS) is 21.4. The lowest BCUT2D eigenvalue weighted by molar-refractivity contribution is -0.155. The Morgan fingerprint density at radius 2 is 1.77 bits per heavy atom. The Morgan fingerprint density at radius 3 is 2.40 bits per heavy atom. The summed E-state index contributed by atoms with van der Waals surface area (Å²) in [4.78, 5) is 14.3. The highest BCUT2D eigenvalue weighted by molar-refractivity contribution is 6.31. The summed E-state index contributed by atoms with van der Waals surface area (Å²) in [5.74, 6) is -4.32. The van der Waals surface area contributed by atoms with Crippen LogP contribution in [0.1, 0.15) is 48.2 Å². The molecule has 13 heteroatoms. The molecular weight excluding hydrogens is 500 g/mol. The van der Waals surface area contributed by atoms with Crippen molar-refractivity contribution in [3.63, 3.8) is 0 Å². The second kappa shape index (κ2) is 8.81. The van der Waals surface area contributed by atoms with E-state index in [-0.39, 0.29) is 12.5 Å². The fraction of sp³-hybridized carbons (Fsp3) is 0.500. The fourth-order valence-electron chi connectivity index (χ4n) is 4.88. The summed E-state index contributed by atoms with van der Waals surface area (Å²) in [7, 11) is 0. The first-order valence-corrected chi connectivity index (χ1v) is 11.4. The summed E-state index contributed by atoms with van der Waals surface area (Å²) in [6.07, 6.45) is -7.85. The van der Waals surface area contributed by atoms with Crippen LogP contribution in [0.4, 0.5) is 32.3 Å². The van der Waals surface area contributed by atoms with Crippen LogP contribution in [0.5, 0.6) is 0 Å². The van der Waals surface area contributed by atoms with Crippen molar-refractivity contribution in [3.8, 4) is 0 Å². The summed E-state index contributed by atoms with van der Waals surface area (Å²) >= 11 is 6.17. The molecule has 0 saturated carbocycles. The van der Waals surface area contributed by atoms with Crippen LogP contribution in [0.2, 0.25) is 5.02 Å². The van der Waals surface area contributed by atoms with Crippen LogP contribution >= 0.6 is 11.6 Å². The van der Waals surface area contributed by atoms with Gasteiger partial charge in [-0.15, -0.1) is 0 Å². The molecule has 2 atom stereocenters. The summed E-state index contributed by atoms with van der Waals surface area (Å²) in [6, 6.07) is 4.73. The Bertz CT molecular complexity index is 1210. The zero-order valence-corrected chi connectivity index (χ0v) is 18.9. The molecule has 2 aliphatic rings. The van der Waals surface area contributed by atoms with E-state index in [0.717, 1.165) is 29.3 Å². The monoisotopic (exact) mass is 519 g/mol. The van der Waals surface area contributed by atoms with Gasteiger partial charge >= 0.3 is 12.4 Å². The van der Waals surface area contributed by atoms with Gasteiger partial charge in [0.15, 0.2) is 0 Å². The number of alkyl halides is 6. The smallest absolute Gasteiger partial charge is 0.381 e. The SMILES string of the molecule is FC(F)(F)c1nc(N2CCc3c([nH]c4ccc(Cl)cc34)[C@@H]2C[C@@H]2CCCOC2)nc(C(F)(F)F)n1. The molecule has 1 fully saturated rings. The van der Waals surface area contributed by atoms with E-state index in [0.29, 0.717) is 36.8 Å². The van der Waals surface area contributed by atoms with E-state index < -0.39 is 36.0 Å². The summed E-state index contributed by atoms with van der Waals surface area (Å²) in [6.45, 7) is 1.21. The number of nitrogens with zero attached hydrogens (tertiary/aromatic N) is 4. The number of hydrogen-bond acceptors (Lipinski definition) is 5. The van der Waals surface area contributed by atoms with Gasteiger partial charge in [-0.3, -0.25) is 0 Å². The topological polar surface area (TPSA) is 66.9 Å². The number of hydrogen-bond donors (Lipinski definition) is 1. The minimum Gasteiger partial charge on any atom is -0.381 e. The van der Waals surface area contributed by atoms with Gasteiger partial charge in [-0.1, -0.05) is 11.6 Å². The van der Waals surface area contributed by atoms with Crippen LogP contribution in [-0.2, 0) is 23.5 Å². The van der Waals surface area contributed by atoms with Gasteiger partial charge in [0.2, 0.25) is 17.6 Å². The maximum Gasteiger partial charge on any atom is 0.451 e. The highest BCUT2D eigenvalue weighted by atomic mass is 35.5. The van der Waals surface area contributed by atoms with Crippen molar-refractivity contribution in [2.75, 3.05) is 24.7 Å². The average Bonchev–Trinajstić information content (AvgIpc) is 3.17. The lowest BCUT2D eigenvalue weighted by Gasteiger charge is -2.38. The zero-order chi connectivity index (χ0) is 25.0. The van der Waals surface area contributed by atoms with Crippen LogP contribution in [-0.4, -0.2) is 39.7 Å². The Labute approximate surface area is 200 Å². The summed E-state index contributed by atoms with van der Waals surface area (Å²) in [5, 5.41) is 1.40. The molecule has 5 rings (SSSR count). The van der Waals surface area contributed by atoms with Gasteiger partial charge in [0.25, 0.3) is 0 Å². The van der Waals surface area contributed by atoms with E-state index in [9.17, 15) is 26.3 Å². The van der Waals surface area contributed by atoms with Crippen molar-refractivity contribution in [3.05, 3.63) is 46.1 Å². The number of anilines is 1. The minimum atomic E-state index is -5.16. The van der Waals surface area contributed by atoms with Crippen molar-refractivity contribution >= 4 is 28.5 Å². The van der Waals surface area contributed by atoms with E-state index in [1.54, 1.807) is 18.2 Å². The lowest BCUT2D eigenvalue weighted by atomic mass is 9.88. The van der Waals surface area contributed by atoms with Crippen LogP contribution < -0.4 is 4.90 Å². The average molecular weight is 520 g/mol. The highest BCUT2D eigenvalue weighted by Crippen LogP contribution is 2.42. The molecule has 0 radical (unpaired) electrons. The number of rotatable bonds is 3. The minimum absolute atomic E-state index is 0.0724. The predicted octanol–water partition coefficient (Wildman–Crippen LogP) is 5.96. The molecule has 2 aliphatic heterocycles.